The largest absolute Gasteiger partial charge is 0.508 e. The molecule has 0 fully saturated rings. The number of phenols is 7. The van der Waals surface area contributed by atoms with Crippen molar-refractivity contribution in [3.05, 3.63) is 94.0 Å². The first-order valence-corrected chi connectivity index (χ1v) is 13.9. The van der Waals surface area contributed by atoms with E-state index >= 15 is 0 Å². The molecule has 4 aromatic rings. The molecule has 0 amide bonds. The van der Waals surface area contributed by atoms with E-state index in [2.05, 4.69) is 20.8 Å². The van der Waals surface area contributed by atoms with Gasteiger partial charge in [0, 0.05) is 59.6 Å². The van der Waals surface area contributed by atoms with Crippen molar-refractivity contribution in [2.75, 3.05) is 0 Å². The van der Waals surface area contributed by atoms with E-state index in [1.165, 1.54) is 30.3 Å². The number of fused-ring (bicyclic) bond motifs is 1. The number of hydrogen-bond acceptors (Lipinski definition) is 8. The summed E-state index contributed by atoms with van der Waals surface area (Å²) in [5, 5.41) is 72.7. The van der Waals surface area contributed by atoms with Crippen LogP contribution in [0.1, 0.15) is 67.5 Å². The van der Waals surface area contributed by atoms with Crippen LogP contribution in [0.2, 0.25) is 0 Å². The molecule has 7 N–H and O–H groups in total. The van der Waals surface area contributed by atoms with Crippen LogP contribution in [-0.4, -0.2) is 35.7 Å². The number of benzene rings is 4. The van der Waals surface area contributed by atoms with Crippen LogP contribution < -0.4 is 4.74 Å². The summed E-state index contributed by atoms with van der Waals surface area (Å²) in [7, 11) is 0. The quantitative estimate of drug-likeness (QED) is 0.140. The van der Waals surface area contributed by atoms with Crippen molar-refractivity contribution in [2.45, 2.75) is 58.0 Å². The lowest BCUT2D eigenvalue weighted by Gasteiger charge is -2.51. The van der Waals surface area contributed by atoms with E-state index in [0.29, 0.717) is 33.6 Å². The Hall–Kier alpha value is -4.72. The predicted octanol–water partition coefficient (Wildman–Crippen LogP) is 6.42. The number of aromatic hydroxyl groups is 7. The summed E-state index contributed by atoms with van der Waals surface area (Å²) in [5.74, 6) is -0.295. The Kier molecular flexibility index (Phi) is 7.05. The molecule has 8 heteroatoms. The number of hydrogen-bond donors (Lipinski definition) is 7. The molecule has 0 bridgehead atoms. The van der Waals surface area contributed by atoms with E-state index in [1.807, 2.05) is 13.0 Å². The van der Waals surface area contributed by atoms with E-state index < -0.39 is 11.0 Å². The highest BCUT2D eigenvalue weighted by molar-refractivity contribution is 5.57. The SMILES string of the molecule is CCC1(C)c2cc(Cc3cc(Cc4ccc(O)cc4O)c(O)cc3O)c(O)cc2OC(C)(c2ccc(O)cc2O)C1C. The minimum Gasteiger partial charge on any atom is -0.508 e. The van der Waals surface area contributed by atoms with Gasteiger partial charge in [0.25, 0.3) is 0 Å². The molecule has 4 aromatic carbocycles. The summed E-state index contributed by atoms with van der Waals surface area (Å²) in [6.07, 6.45) is 1.04. The maximum Gasteiger partial charge on any atom is 0.138 e. The Balaban J connectivity index is 1.54. The van der Waals surface area contributed by atoms with Crippen LogP contribution in [0.4, 0.5) is 0 Å². The van der Waals surface area contributed by atoms with Crippen molar-refractivity contribution in [1.29, 1.82) is 0 Å². The zero-order chi connectivity index (χ0) is 30.6. The molecule has 0 saturated heterocycles. The van der Waals surface area contributed by atoms with Crippen molar-refractivity contribution in [1.82, 2.24) is 0 Å². The van der Waals surface area contributed by atoms with Gasteiger partial charge in [-0.25, -0.2) is 0 Å². The Labute approximate surface area is 244 Å². The van der Waals surface area contributed by atoms with Crippen LogP contribution in [0.5, 0.6) is 46.0 Å². The normalized spacial score (nSPS) is 21.5. The molecule has 1 heterocycles. The van der Waals surface area contributed by atoms with Gasteiger partial charge < -0.3 is 40.5 Å². The number of rotatable bonds is 6. The fraction of sp³-hybridized carbons (Fsp3) is 0.294. The van der Waals surface area contributed by atoms with E-state index in [-0.39, 0.29) is 59.0 Å². The number of ether oxygens (including phenoxy) is 1. The molecule has 42 heavy (non-hydrogen) atoms. The molecule has 1 aliphatic heterocycles. The van der Waals surface area contributed by atoms with Gasteiger partial charge in [-0.1, -0.05) is 26.8 Å². The van der Waals surface area contributed by atoms with Gasteiger partial charge in [-0.2, -0.15) is 0 Å². The summed E-state index contributed by atoms with van der Waals surface area (Å²) in [6.45, 7) is 8.15. The van der Waals surface area contributed by atoms with E-state index in [9.17, 15) is 35.7 Å². The van der Waals surface area contributed by atoms with Crippen molar-refractivity contribution >= 4 is 0 Å². The molecule has 0 radical (unpaired) electrons. The van der Waals surface area contributed by atoms with Crippen LogP contribution in [0.3, 0.4) is 0 Å². The molecule has 5 rings (SSSR count). The Bertz CT molecular complexity index is 1680. The monoisotopic (exact) mass is 572 g/mol. The fourth-order valence-corrected chi connectivity index (χ4v) is 6.24. The molecule has 220 valence electrons. The van der Waals surface area contributed by atoms with E-state index in [4.69, 9.17) is 4.74 Å². The van der Waals surface area contributed by atoms with Gasteiger partial charge in [0.2, 0.25) is 0 Å². The molecule has 0 aromatic heterocycles. The molecule has 1 aliphatic rings. The minimum atomic E-state index is -0.965. The van der Waals surface area contributed by atoms with Crippen molar-refractivity contribution in [3.8, 4) is 46.0 Å². The third-order valence-corrected chi connectivity index (χ3v) is 9.26. The zero-order valence-electron chi connectivity index (χ0n) is 24.0. The third kappa shape index (κ3) is 4.76. The molecule has 0 spiro atoms. The summed E-state index contributed by atoms with van der Waals surface area (Å²) in [6, 6.07) is 15.0. The second-order valence-corrected chi connectivity index (χ2v) is 11.7. The Morgan fingerprint density at radius 2 is 1.12 bits per heavy atom. The Morgan fingerprint density at radius 3 is 1.71 bits per heavy atom. The molecule has 3 atom stereocenters. The van der Waals surface area contributed by atoms with Crippen molar-refractivity contribution < 1.29 is 40.5 Å². The third-order valence-electron chi connectivity index (χ3n) is 9.26. The first kappa shape index (κ1) is 28.8. The average Bonchev–Trinajstić information content (AvgIpc) is 2.92. The second-order valence-electron chi connectivity index (χ2n) is 11.7. The van der Waals surface area contributed by atoms with Crippen LogP contribution in [-0.2, 0) is 23.9 Å². The second kappa shape index (κ2) is 10.3. The molecule has 0 saturated carbocycles. The summed E-state index contributed by atoms with van der Waals surface area (Å²) >= 11 is 0. The highest BCUT2D eigenvalue weighted by atomic mass is 16.5. The molecular weight excluding hydrogens is 536 g/mol. The first-order valence-electron chi connectivity index (χ1n) is 13.9. The summed E-state index contributed by atoms with van der Waals surface area (Å²) in [4.78, 5) is 0. The summed E-state index contributed by atoms with van der Waals surface area (Å²) in [5.41, 5.74) is 1.99. The number of phenolic OH excluding ortho intramolecular Hbond substituents is 7. The van der Waals surface area contributed by atoms with Gasteiger partial charge in [-0.3, -0.25) is 0 Å². The summed E-state index contributed by atoms with van der Waals surface area (Å²) < 4.78 is 6.54. The van der Waals surface area contributed by atoms with Crippen LogP contribution >= 0.6 is 0 Å². The fourth-order valence-electron chi connectivity index (χ4n) is 6.24. The van der Waals surface area contributed by atoms with Gasteiger partial charge in [0.1, 0.15) is 51.6 Å². The molecular formula is C34H36O8. The van der Waals surface area contributed by atoms with Gasteiger partial charge in [0.15, 0.2) is 0 Å². The Morgan fingerprint density at radius 1 is 0.595 bits per heavy atom. The van der Waals surface area contributed by atoms with Gasteiger partial charge in [0.05, 0.1) is 0 Å². The smallest absolute Gasteiger partial charge is 0.138 e. The van der Waals surface area contributed by atoms with E-state index in [0.717, 1.165) is 12.0 Å². The lowest BCUT2D eigenvalue weighted by molar-refractivity contribution is -0.0329. The topological polar surface area (TPSA) is 151 Å². The highest BCUT2D eigenvalue weighted by Crippen LogP contribution is 2.56. The van der Waals surface area contributed by atoms with Gasteiger partial charge >= 0.3 is 0 Å². The maximum absolute atomic E-state index is 11.1. The standard InChI is InChI=1S/C34H36O8/c1-5-33(3)18(2)34(4,25-9-8-24(36)15-31(25)41)42-32-17-30(40)22(13-26(32)33)12-21-11-20(28(38)16-29(21)39)10-19-6-7-23(35)14-27(19)37/h6-9,11,13-18,35-41H,5,10,12H2,1-4H3. The van der Waals surface area contributed by atoms with Crippen molar-refractivity contribution in [3.63, 3.8) is 0 Å². The average molecular weight is 573 g/mol. The van der Waals surface area contributed by atoms with Gasteiger partial charge in [-0.15, -0.1) is 0 Å². The lowest BCUT2D eigenvalue weighted by atomic mass is 9.61. The zero-order valence-corrected chi connectivity index (χ0v) is 24.0. The van der Waals surface area contributed by atoms with Crippen LogP contribution in [0.25, 0.3) is 0 Å². The van der Waals surface area contributed by atoms with Gasteiger partial charge in [-0.05, 0) is 65.9 Å². The van der Waals surface area contributed by atoms with Crippen molar-refractivity contribution in [2.24, 2.45) is 5.92 Å². The van der Waals surface area contributed by atoms with Crippen LogP contribution in [0, 0.1) is 5.92 Å². The molecule has 3 unspecified atom stereocenters. The minimum absolute atomic E-state index is 0.0377. The molecule has 8 nitrogen and oxygen atoms in total. The van der Waals surface area contributed by atoms with Crippen LogP contribution in [0.15, 0.2) is 60.7 Å². The maximum atomic E-state index is 11.1. The van der Waals surface area contributed by atoms with E-state index in [1.54, 1.807) is 24.3 Å². The highest BCUT2D eigenvalue weighted by Gasteiger charge is 2.52. The molecule has 0 aliphatic carbocycles. The lowest BCUT2D eigenvalue weighted by Crippen LogP contribution is -2.50. The predicted molar refractivity (Wildman–Crippen MR) is 158 cm³/mol. The first-order chi connectivity index (χ1) is 19.8.